The van der Waals surface area contributed by atoms with Crippen LogP contribution in [0.15, 0.2) is 0 Å². The van der Waals surface area contributed by atoms with Crippen molar-refractivity contribution in [2.24, 2.45) is 5.92 Å². The third-order valence-electron chi connectivity index (χ3n) is 2.50. The van der Waals surface area contributed by atoms with E-state index in [0.29, 0.717) is 39.5 Å². The van der Waals surface area contributed by atoms with Gasteiger partial charge >= 0.3 is 6.18 Å². The summed E-state index contributed by atoms with van der Waals surface area (Å²) in [7, 11) is 0. The summed E-state index contributed by atoms with van der Waals surface area (Å²) in [5.41, 5.74) is 0. The van der Waals surface area contributed by atoms with Gasteiger partial charge < -0.3 is 9.47 Å². The standard InChI is InChI=1S/C12H21F3N2O2/c1-3-18-7-5-17(6-8-19-4-2)10-11(9-16)12(13,14)15/h11H,3-8,10H2,1-2H3. The maximum absolute atomic E-state index is 12.5. The second kappa shape index (κ2) is 10.0. The van der Waals surface area contributed by atoms with Gasteiger partial charge in [-0.15, -0.1) is 0 Å². The summed E-state index contributed by atoms with van der Waals surface area (Å²) in [5.74, 6) is -1.98. The van der Waals surface area contributed by atoms with E-state index in [1.807, 2.05) is 13.8 Å². The molecule has 0 aromatic carbocycles. The molecule has 0 rings (SSSR count). The molecule has 1 unspecified atom stereocenters. The van der Waals surface area contributed by atoms with Crippen molar-refractivity contribution in [2.45, 2.75) is 20.0 Å². The summed E-state index contributed by atoms with van der Waals surface area (Å²) in [4.78, 5) is 1.55. The number of hydrogen-bond acceptors (Lipinski definition) is 4. The Kier molecular flexibility index (Phi) is 9.57. The van der Waals surface area contributed by atoms with E-state index in [4.69, 9.17) is 14.7 Å². The lowest BCUT2D eigenvalue weighted by Crippen LogP contribution is -2.39. The summed E-state index contributed by atoms with van der Waals surface area (Å²) >= 11 is 0. The van der Waals surface area contributed by atoms with E-state index in [9.17, 15) is 13.2 Å². The van der Waals surface area contributed by atoms with Gasteiger partial charge in [0.05, 0.1) is 19.3 Å². The van der Waals surface area contributed by atoms with Crippen LogP contribution in [0.3, 0.4) is 0 Å². The van der Waals surface area contributed by atoms with Gasteiger partial charge in [-0.1, -0.05) is 0 Å². The van der Waals surface area contributed by atoms with Crippen molar-refractivity contribution in [2.75, 3.05) is 46.1 Å². The largest absolute Gasteiger partial charge is 0.405 e. The van der Waals surface area contributed by atoms with Gasteiger partial charge in [0.2, 0.25) is 0 Å². The van der Waals surface area contributed by atoms with Crippen molar-refractivity contribution in [1.82, 2.24) is 4.90 Å². The van der Waals surface area contributed by atoms with Gasteiger partial charge in [-0.3, -0.25) is 4.90 Å². The lowest BCUT2D eigenvalue weighted by Gasteiger charge is -2.25. The highest BCUT2D eigenvalue weighted by atomic mass is 19.4. The Labute approximate surface area is 112 Å². The van der Waals surface area contributed by atoms with Crippen LogP contribution in [0.1, 0.15) is 13.8 Å². The lowest BCUT2D eigenvalue weighted by molar-refractivity contribution is -0.163. The van der Waals surface area contributed by atoms with Gasteiger partial charge in [0.25, 0.3) is 0 Å². The number of halogens is 3. The first kappa shape index (κ1) is 18.2. The molecule has 0 aliphatic rings. The van der Waals surface area contributed by atoms with Crippen molar-refractivity contribution >= 4 is 0 Å². The summed E-state index contributed by atoms with van der Waals surface area (Å²) in [5, 5.41) is 8.59. The van der Waals surface area contributed by atoms with Crippen molar-refractivity contribution in [3.05, 3.63) is 0 Å². The van der Waals surface area contributed by atoms with E-state index in [-0.39, 0.29) is 6.54 Å². The first-order chi connectivity index (χ1) is 8.95. The average molecular weight is 282 g/mol. The third kappa shape index (κ3) is 8.81. The molecule has 0 N–H and O–H groups in total. The maximum Gasteiger partial charge on any atom is 0.405 e. The molecule has 4 nitrogen and oxygen atoms in total. The molecule has 19 heavy (non-hydrogen) atoms. The van der Waals surface area contributed by atoms with Crippen molar-refractivity contribution in [1.29, 1.82) is 5.26 Å². The summed E-state index contributed by atoms with van der Waals surface area (Å²) in [6, 6.07) is 1.31. The molecule has 0 aliphatic heterocycles. The monoisotopic (exact) mass is 282 g/mol. The van der Waals surface area contributed by atoms with Gasteiger partial charge in [0.15, 0.2) is 5.92 Å². The molecule has 112 valence electrons. The molecular weight excluding hydrogens is 261 g/mol. The normalized spacial score (nSPS) is 13.5. The van der Waals surface area contributed by atoms with Gasteiger partial charge in [-0.05, 0) is 13.8 Å². The fourth-order valence-corrected chi connectivity index (χ4v) is 1.45. The molecule has 0 saturated heterocycles. The number of nitrogens with zero attached hydrogens (tertiary/aromatic N) is 2. The van der Waals surface area contributed by atoms with Gasteiger partial charge in [-0.25, -0.2) is 0 Å². The Balaban J connectivity index is 4.33. The van der Waals surface area contributed by atoms with Crippen LogP contribution < -0.4 is 0 Å². The molecule has 0 bridgehead atoms. The van der Waals surface area contributed by atoms with E-state index in [1.54, 1.807) is 4.90 Å². The minimum Gasteiger partial charge on any atom is -0.380 e. The summed E-state index contributed by atoms with van der Waals surface area (Å²) < 4.78 is 47.9. The average Bonchev–Trinajstić information content (AvgIpc) is 2.34. The first-order valence-electron chi connectivity index (χ1n) is 6.29. The Bertz CT molecular complexity index is 257. The summed E-state index contributed by atoms with van der Waals surface area (Å²) in [6.45, 7) is 5.72. The van der Waals surface area contributed by atoms with Crippen LogP contribution in [0.4, 0.5) is 13.2 Å². The first-order valence-corrected chi connectivity index (χ1v) is 6.29. The van der Waals surface area contributed by atoms with Crippen molar-refractivity contribution < 1.29 is 22.6 Å². The fraction of sp³-hybridized carbons (Fsp3) is 0.917. The molecular formula is C12H21F3N2O2. The molecule has 0 saturated carbocycles. The molecule has 1 atom stereocenters. The molecule has 0 aromatic rings. The number of ether oxygens (including phenoxy) is 2. The van der Waals surface area contributed by atoms with E-state index >= 15 is 0 Å². The smallest absolute Gasteiger partial charge is 0.380 e. The Morgan fingerprint density at radius 2 is 1.58 bits per heavy atom. The quantitative estimate of drug-likeness (QED) is 0.575. The Hall–Kier alpha value is -0.840. The number of nitriles is 1. The van der Waals surface area contributed by atoms with Gasteiger partial charge in [0, 0.05) is 32.8 Å². The van der Waals surface area contributed by atoms with Crippen molar-refractivity contribution in [3.63, 3.8) is 0 Å². The van der Waals surface area contributed by atoms with Crippen LogP contribution in [0.2, 0.25) is 0 Å². The molecule has 0 radical (unpaired) electrons. The van der Waals surface area contributed by atoms with E-state index in [2.05, 4.69) is 0 Å². The maximum atomic E-state index is 12.5. The molecule has 0 heterocycles. The number of hydrogen-bond donors (Lipinski definition) is 0. The topological polar surface area (TPSA) is 45.5 Å². The van der Waals surface area contributed by atoms with E-state index in [1.165, 1.54) is 6.07 Å². The fourth-order valence-electron chi connectivity index (χ4n) is 1.45. The van der Waals surface area contributed by atoms with Crippen LogP contribution in [0.5, 0.6) is 0 Å². The SMILES string of the molecule is CCOCCN(CCOCC)CC(C#N)C(F)(F)F. The van der Waals surface area contributed by atoms with Crippen LogP contribution in [-0.2, 0) is 9.47 Å². The number of rotatable bonds is 10. The van der Waals surface area contributed by atoms with Crippen LogP contribution in [0.25, 0.3) is 0 Å². The zero-order valence-corrected chi connectivity index (χ0v) is 11.4. The molecule has 0 aliphatic carbocycles. The van der Waals surface area contributed by atoms with E-state index in [0.717, 1.165) is 0 Å². The van der Waals surface area contributed by atoms with Gasteiger partial charge in [-0.2, -0.15) is 18.4 Å². The summed E-state index contributed by atoms with van der Waals surface area (Å²) in [6.07, 6.45) is -4.50. The van der Waals surface area contributed by atoms with Crippen LogP contribution in [0, 0.1) is 17.2 Å². The Morgan fingerprint density at radius 1 is 1.11 bits per heavy atom. The highest BCUT2D eigenvalue weighted by Crippen LogP contribution is 2.26. The molecule has 0 amide bonds. The zero-order valence-electron chi connectivity index (χ0n) is 11.4. The minimum atomic E-state index is -4.50. The van der Waals surface area contributed by atoms with Gasteiger partial charge in [0.1, 0.15) is 0 Å². The Morgan fingerprint density at radius 3 is 1.89 bits per heavy atom. The lowest BCUT2D eigenvalue weighted by atomic mass is 10.1. The second-order valence-corrected chi connectivity index (χ2v) is 3.92. The third-order valence-corrected chi connectivity index (χ3v) is 2.50. The molecule has 0 aromatic heterocycles. The zero-order chi connectivity index (χ0) is 14.7. The van der Waals surface area contributed by atoms with E-state index < -0.39 is 12.1 Å². The second-order valence-electron chi connectivity index (χ2n) is 3.92. The number of alkyl halides is 3. The molecule has 0 spiro atoms. The highest BCUT2D eigenvalue weighted by molar-refractivity contribution is 4.90. The highest BCUT2D eigenvalue weighted by Gasteiger charge is 2.40. The van der Waals surface area contributed by atoms with Crippen molar-refractivity contribution in [3.8, 4) is 6.07 Å². The minimum absolute atomic E-state index is 0.346. The molecule has 0 fully saturated rings. The molecule has 7 heteroatoms. The van der Waals surface area contributed by atoms with Crippen LogP contribution >= 0.6 is 0 Å². The van der Waals surface area contributed by atoms with Crippen LogP contribution in [-0.4, -0.2) is 57.1 Å². The predicted octanol–water partition coefficient (Wildman–Crippen LogP) is 2.06. The predicted molar refractivity (Wildman–Crippen MR) is 64.6 cm³/mol.